The minimum atomic E-state index is -0.113. The number of rotatable bonds is 5. The molecule has 0 spiro atoms. The van der Waals surface area contributed by atoms with Crippen LogP contribution in [0, 0.1) is 5.92 Å². The number of guanidine groups is 1. The van der Waals surface area contributed by atoms with Gasteiger partial charge in [0.25, 0.3) is 5.91 Å². The smallest absolute Gasteiger partial charge is 0.254 e. The number of nitrogens with zero attached hydrogens (tertiary/aromatic N) is 2. The summed E-state index contributed by atoms with van der Waals surface area (Å²) in [4.78, 5) is 29.7. The third-order valence-electron chi connectivity index (χ3n) is 4.79. The first-order chi connectivity index (χ1) is 13.2. The van der Waals surface area contributed by atoms with Gasteiger partial charge < -0.3 is 25.6 Å². The molecule has 2 aliphatic rings. The highest BCUT2D eigenvalue weighted by atomic mass is 16.5. The summed E-state index contributed by atoms with van der Waals surface area (Å²) in [6.45, 7) is 4.27. The first kappa shape index (κ1) is 19.2. The van der Waals surface area contributed by atoms with Gasteiger partial charge in [-0.05, 0) is 24.1 Å². The zero-order chi connectivity index (χ0) is 19.1. The summed E-state index contributed by atoms with van der Waals surface area (Å²) in [5.41, 5.74) is 1.65. The summed E-state index contributed by atoms with van der Waals surface area (Å²) in [6.07, 6.45) is 1.08. The first-order valence-electron chi connectivity index (χ1n) is 9.33. The Hall–Kier alpha value is -2.61. The van der Waals surface area contributed by atoms with Crippen LogP contribution >= 0.6 is 0 Å². The van der Waals surface area contributed by atoms with Crippen LogP contribution in [0.4, 0.5) is 0 Å². The zero-order valence-corrected chi connectivity index (χ0v) is 15.7. The summed E-state index contributed by atoms with van der Waals surface area (Å²) in [5, 5.41) is 9.32. The standard InChI is InChI=1S/C19H27N5O3/c1-20-19(23-11-15-6-9-27-13-15)22-10-14-2-4-16(5-3-14)18(26)24-8-7-21-17(25)12-24/h2-5,15H,6-13H2,1H3,(H,21,25)(H2,20,22,23). The SMILES string of the molecule is CN=C(NCc1ccc(C(=O)N2CCNC(=O)C2)cc1)NCC1CCOC1. The number of carbonyl (C=O) groups excluding carboxylic acids is 2. The molecule has 0 bridgehead atoms. The Morgan fingerprint density at radius 2 is 2.15 bits per heavy atom. The van der Waals surface area contributed by atoms with E-state index in [2.05, 4.69) is 20.9 Å². The van der Waals surface area contributed by atoms with Gasteiger partial charge in [-0.15, -0.1) is 0 Å². The highest BCUT2D eigenvalue weighted by molar-refractivity contribution is 5.97. The van der Waals surface area contributed by atoms with E-state index in [4.69, 9.17) is 4.74 Å². The van der Waals surface area contributed by atoms with Crippen LogP contribution in [0.1, 0.15) is 22.3 Å². The second-order valence-corrected chi connectivity index (χ2v) is 6.81. The number of piperazine rings is 1. The normalized spacial score (nSPS) is 20.3. The van der Waals surface area contributed by atoms with Gasteiger partial charge >= 0.3 is 0 Å². The highest BCUT2D eigenvalue weighted by Crippen LogP contribution is 2.11. The number of carbonyl (C=O) groups is 2. The molecule has 27 heavy (non-hydrogen) atoms. The summed E-state index contributed by atoms with van der Waals surface area (Å²) in [7, 11) is 1.75. The maximum atomic E-state index is 12.5. The Labute approximate surface area is 159 Å². The molecule has 2 aliphatic heterocycles. The van der Waals surface area contributed by atoms with Gasteiger partial charge in [0.05, 0.1) is 13.2 Å². The van der Waals surface area contributed by atoms with Crippen molar-refractivity contribution < 1.29 is 14.3 Å². The fraction of sp³-hybridized carbons (Fsp3) is 0.526. The fourth-order valence-corrected chi connectivity index (χ4v) is 3.15. The summed E-state index contributed by atoms with van der Waals surface area (Å²) >= 11 is 0. The van der Waals surface area contributed by atoms with Crippen molar-refractivity contribution in [2.75, 3.05) is 46.4 Å². The van der Waals surface area contributed by atoms with E-state index in [0.29, 0.717) is 31.1 Å². The van der Waals surface area contributed by atoms with Crippen molar-refractivity contribution in [3.8, 4) is 0 Å². The Bertz CT molecular complexity index is 683. The molecule has 0 saturated carbocycles. The monoisotopic (exact) mass is 373 g/mol. The molecule has 2 heterocycles. The van der Waals surface area contributed by atoms with E-state index in [9.17, 15) is 9.59 Å². The van der Waals surface area contributed by atoms with Crippen LogP contribution in [0.2, 0.25) is 0 Å². The predicted octanol–water partition coefficient (Wildman–Crippen LogP) is -0.0399. The number of nitrogens with one attached hydrogen (secondary N) is 3. The number of benzene rings is 1. The van der Waals surface area contributed by atoms with Crippen LogP contribution in [0.3, 0.4) is 0 Å². The van der Waals surface area contributed by atoms with E-state index >= 15 is 0 Å². The molecule has 0 radical (unpaired) electrons. The maximum Gasteiger partial charge on any atom is 0.254 e. The molecular weight excluding hydrogens is 346 g/mol. The minimum Gasteiger partial charge on any atom is -0.381 e. The lowest BCUT2D eigenvalue weighted by Crippen LogP contribution is -2.49. The number of ether oxygens (including phenoxy) is 1. The van der Waals surface area contributed by atoms with Crippen molar-refractivity contribution in [2.24, 2.45) is 10.9 Å². The number of hydrogen-bond donors (Lipinski definition) is 3. The molecule has 2 saturated heterocycles. The molecule has 146 valence electrons. The number of amides is 2. The van der Waals surface area contributed by atoms with Gasteiger partial charge in [-0.2, -0.15) is 0 Å². The average Bonchev–Trinajstić information content (AvgIpc) is 3.21. The Kier molecular flexibility index (Phi) is 6.64. The van der Waals surface area contributed by atoms with Crippen LogP contribution in [0.25, 0.3) is 0 Å². The quantitative estimate of drug-likeness (QED) is 0.497. The molecule has 1 unspecified atom stereocenters. The van der Waals surface area contributed by atoms with E-state index in [-0.39, 0.29) is 18.4 Å². The Morgan fingerprint density at radius 1 is 1.33 bits per heavy atom. The van der Waals surface area contributed by atoms with E-state index in [0.717, 1.165) is 37.7 Å². The van der Waals surface area contributed by atoms with Crippen LogP contribution in [0.15, 0.2) is 29.3 Å². The second-order valence-electron chi connectivity index (χ2n) is 6.81. The van der Waals surface area contributed by atoms with Crippen molar-refractivity contribution in [3.05, 3.63) is 35.4 Å². The molecule has 1 aromatic carbocycles. The lowest BCUT2D eigenvalue weighted by molar-refractivity contribution is -0.123. The molecule has 8 heteroatoms. The second kappa shape index (κ2) is 9.36. The van der Waals surface area contributed by atoms with Crippen molar-refractivity contribution in [1.29, 1.82) is 0 Å². The average molecular weight is 373 g/mol. The largest absolute Gasteiger partial charge is 0.381 e. The Balaban J connectivity index is 1.47. The third-order valence-corrected chi connectivity index (χ3v) is 4.79. The van der Waals surface area contributed by atoms with Gasteiger partial charge in [-0.25, -0.2) is 0 Å². The summed E-state index contributed by atoms with van der Waals surface area (Å²) in [6, 6.07) is 7.44. The molecule has 1 aromatic rings. The third kappa shape index (κ3) is 5.43. The van der Waals surface area contributed by atoms with E-state index < -0.39 is 0 Å². The molecule has 3 rings (SSSR count). The number of hydrogen-bond acceptors (Lipinski definition) is 4. The van der Waals surface area contributed by atoms with Crippen LogP contribution in [-0.4, -0.2) is 69.1 Å². The fourth-order valence-electron chi connectivity index (χ4n) is 3.15. The van der Waals surface area contributed by atoms with Crippen LogP contribution < -0.4 is 16.0 Å². The zero-order valence-electron chi connectivity index (χ0n) is 15.7. The van der Waals surface area contributed by atoms with Crippen molar-refractivity contribution >= 4 is 17.8 Å². The minimum absolute atomic E-state index is 0.111. The van der Waals surface area contributed by atoms with Gasteiger partial charge in [-0.3, -0.25) is 14.6 Å². The molecule has 8 nitrogen and oxygen atoms in total. The topological polar surface area (TPSA) is 95.1 Å². The van der Waals surface area contributed by atoms with Gasteiger partial charge in [0.2, 0.25) is 5.91 Å². The lowest BCUT2D eigenvalue weighted by atomic mass is 10.1. The van der Waals surface area contributed by atoms with Gasteiger partial charge in [-0.1, -0.05) is 12.1 Å². The first-order valence-corrected chi connectivity index (χ1v) is 9.33. The summed E-state index contributed by atoms with van der Waals surface area (Å²) < 4.78 is 5.38. The van der Waals surface area contributed by atoms with Gasteiger partial charge in [0, 0.05) is 51.3 Å². The Morgan fingerprint density at radius 3 is 2.81 bits per heavy atom. The predicted molar refractivity (Wildman–Crippen MR) is 102 cm³/mol. The van der Waals surface area contributed by atoms with E-state index in [1.54, 1.807) is 24.1 Å². The molecule has 1 atom stereocenters. The van der Waals surface area contributed by atoms with E-state index in [1.807, 2.05) is 12.1 Å². The van der Waals surface area contributed by atoms with Gasteiger partial charge in [0.15, 0.2) is 5.96 Å². The van der Waals surface area contributed by atoms with E-state index in [1.165, 1.54) is 0 Å². The van der Waals surface area contributed by atoms with Crippen LogP contribution in [-0.2, 0) is 16.1 Å². The molecule has 0 aliphatic carbocycles. The summed E-state index contributed by atoms with van der Waals surface area (Å²) in [5.74, 6) is 1.06. The molecule has 0 aromatic heterocycles. The van der Waals surface area contributed by atoms with Crippen molar-refractivity contribution in [3.63, 3.8) is 0 Å². The highest BCUT2D eigenvalue weighted by Gasteiger charge is 2.22. The maximum absolute atomic E-state index is 12.5. The number of aliphatic imine (C=N–C) groups is 1. The molecule has 2 amide bonds. The lowest BCUT2D eigenvalue weighted by Gasteiger charge is -2.26. The van der Waals surface area contributed by atoms with Crippen molar-refractivity contribution in [1.82, 2.24) is 20.9 Å². The van der Waals surface area contributed by atoms with Gasteiger partial charge in [0.1, 0.15) is 0 Å². The molecular formula is C19H27N5O3. The molecule has 3 N–H and O–H groups in total. The van der Waals surface area contributed by atoms with Crippen LogP contribution in [0.5, 0.6) is 0 Å². The van der Waals surface area contributed by atoms with Crippen molar-refractivity contribution in [2.45, 2.75) is 13.0 Å². The molecule has 2 fully saturated rings.